The minimum atomic E-state index is 0.112. The average molecular weight is 320 g/mol. The average Bonchev–Trinajstić information content (AvgIpc) is 3.12. The van der Waals surface area contributed by atoms with Crippen LogP contribution in [-0.4, -0.2) is 52.0 Å². The van der Waals surface area contributed by atoms with E-state index in [4.69, 9.17) is 4.52 Å². The molecule has 1 aliphatic carbocycles. The van der Waals surface area contributed by atoms with Gasteiger partial charge in [0.2, 0.25) is 11.8 Å². The molecular weight excluding hydrogens is 292 g/mol. The first-order valence-electron chi connectivity index (χ1n) is 8.95. The van der Waals surface area contributed by atoms with Crippen LogP contribution in [0.4, 0.5) is 0 Å². The molecule has 1 saturated heterocycles. The Kier molecular flexibility index (Phi) is 5.30. The van der Waals surface area contributed by atoms with E-state index >= 15 is 0 Å². The normalized spacial score (nSPS) is 22.3. The number of carbonyl (C=O) groups excluding carboxylic acids is 1. The zero-order valence-electron chi connectivity index (χ0n) is 14.3. The van der Waals surface area contributed by atoms with Crippen molar-refractivity contribution in [1.82, 2.24) is 19.9 Å². The molecule has 0 radical (unpaired) electrons. The summed E-state index contributed by atoms with van der Waals surface area (Å²) in [5.74, 6) is 2.32. The molecule has 2 aliphatic rings. The maximum atomic E-state index is 12.5. The molecule has 0 bridgehead atoms. The number of hydrogen-bond donors (Lipinski definition) is 0. The summed E-state index contributed by atoms with van der Waals surface area (Å²) in [5.41, 5.74) is 0. The van der Waals surface area contributed by atoms with Crippen molar-refractivity contribution in [2.24, 2.45) is 5.92 Å². The quantitative estimate of drug-likeness (QED) is 0.853. The van der Waals surface area contributed by atoms with Crippen molar-refractivity contribution in [2.45, 2.75) is 58.4 Å². The Hall–Kier alpha value is -1.43. The summed E-state index contributed by atoms with van der Waals surface area (Å²) in [6.07, 6.45) is 6.82. The van der Waals surface area contributed by atoms with Crippen LogP contribution >= 0.6 is 0 Å². The van der Waals surface area contributed by atoms with E-state index in [9.17, 15) is 4.79 Å². The van der Waals surface area contributed by atoms with Gasteiger partial charge in [0.05, 0.1) is 6.04 Å². The molecule has 1 aliphatic heterocycles. The predicted octanol–water partition coefficient (Wildman–Crippen LogP) is 2.55. The van der Waals surface area contributed by atoms with Crippen LogP contribution in [0.15, 0.2) is 4.52 Å². The Balaban J connectivity index is 1.53. The molecule has 2 fully saturated rings. The van der Waals surface area contributed by atoms with Gasteiger partial charge in [-0.05, 0) is 39.0 Å². The van der Waals surface area contributed by atoms with Crippen LogP contribution < -0.4 is 0 Å². The minimum Gasteiger partial charge on any atom is -0.341 e. The summed E-state index contributed by atoms with van der Waals surface area (Å²) >= 11 is 0. The summed E-state index contributed by atoms with van der Waals surface area (Å²) in [7, 11) is 0. The summed E-state index contributed by atoms with van der Waals surface area (Å²) in [6.45, 7) is 7.46. The summed E-state index contributed by atoms with van der Waals surface area (Å²) < 4.78 is 5.30. The van der Waals surface area contributed by atoms with Crippen molar-refractivity contribution in [3.8, 4) is 0 Å². The van der Waals surface area contributed by atoms with E-state index in [2.05, 4.69) is 26.9 Å². The van der Waals surface area contributed by atoms with Gasteiger partial charge in [-0.15, -0.1) is 0 Å². The fraction of sp³-hybridized carbons (Fsp3) is 0.824. The van der Waals surface area contributed by atoms with Crippen LogP contribution in [0.2, 0.25) is 0 Å². The van der Waals surface area contributed by atoms with Crippen molar-refractivity contribution >= 4 is 5.91 Å². The SMILES string of the molecule is Cc1noc([C@@H](C)N2CCCN(C(=O)CC3CCCC3)CC2)n1. The van der Waals surface area contributed by atoms with Crippen molar-refractivity contribution in [3.63, 3.8) is 0 Å². The molecule has 128 valence electrons. The Morgan fingerprint density at radius 2 is 2.00 bits per heavy atom. The summed E-state index contributed by atoms with van der Waals surface area (Å²) in [6, 6.07) is 0.112. The third-order valence-corrected chi connectivity index (χ3v) is 5.27. The maximum Gasteiger partial charge on any atom is 0.243 e. The first kappa shape index (κ1) is 16.4. The highest BCUT2D eigenvalue weighted by Crippen LogP contribution is 2.28. The molecule has 2 heterocycles. The molecule has 6 nitrogen and oxygen atoms in total. The topological polar surface area (TPSA) is 62.5 Å². The van der Waals surface area contributed by atoms with Gasteiger partial charge >= 0.3 is 0 Å². The number of aromatic nitrogens is 2. The number of rotatable bonds is 4. The highest BCUT2D eigenvalue weighted by atomic mass is 16.5. The lowest BCUT2D eigenvalue weighted by molar-refractivity contribution is -0.132. The van der Waals surface area contributed by atoms with Gasteiger partial charge in [-0.2, -0.15) is 4.98 Å². The lowest BCUT2D eigenvalue weighted by Gasteiger charge is -2.25. The van der Waals surface area contributed by atoms with E-state index in [1.807, 2.05) is 6.92 Å². The second-order valence-electron chi connectivity index (χ2n) is 6.98. The molecule has 0 N–H and O–H groups in total. The number of hydrogen-bond acceptors (Lipinski definition) is 5. The van der Waals surface area contributed by atoms with Gasteiger partial charge in [-0.25, -0.2) is 0 Å². The van der Waals surface area contributed by atoms with E-state index < -0.39 is 0 Å². The zero-order chi connectivity index (χ0) is 16.2. The van der Waals surface area contributed by atoms with Crippen LogP contribution in [0.5, 0.6) is 0 Å². The first-order valence-corrected chi connectivity index (χ1v) is 8.95. The number of amides is 1. The van der Waals surface area contributed by atoms with Crippen LogP contribution in [0.1, 0.15) is 63.2 Å². The number of nitrogens with zero attached hydrogens (tertiary/aromatic N) is 4. The number of aryl methyl sites for hydroxylation is 1. The van der Waals surface area contributed by atoms with Gasteiger partial charge in [0.15, 0.2) is 5.82 Å². The van der Waals surface area contributed by atoms with Crippen molar-refractivity contribution < 1.29 is 9.32 Å². The van der Waals surface area contributed by atoms with Gasteiger partial charge in [0.1, 0.15) is 0 Å². The van der Waals surface area contributed by atoms with Gasteiger partial charge in [-0.3, -0.25) is 9.69 Å². The minimum absolute atomic E-state index is 0.112. The molecule has 0 aromatic carbocycles. The molecule has 6 heteroatoms. The molecule has 1 aromatic heterocycles. The van der Waals surface area contributed by atoms with Gasteiger partial charge < -0.3 is 9.42 Å². The monoisotopic (exact) mass is 320 g/mol. The van der Waals surface area contributed by atoms with Crippen molar-refractivity contribution in [2.75, 3.05) is 26.2 Å². The molecule has 23 heavy (non-hydrogen) atoms. The largest absolute Gasteiger partial charge is 0.341 e. The predicted molar refractivity (Wildman–Crippen MR) is 86.8 cm³/mol. The van der Waals surface area contributed by atoms with Gasteiger partial charge in [0.25, 0.3) is 0 Å². The molecule has 1 atom stereocenters. The fourth-order valence-corrected chi connectivity index (χ4v) is 3.80. The van der Waals surface area contributed by atoms with Gasteiger partial charge in [-0.1, -0.05) is 18.0 Å². The van der Waals surface area contributed by atoms with Crippen molar-refractivity contribution in [3.05, 3.63) is 11.7 Å². The second kappa shape index (κ2) is 7.43. The Bertz CT molecular complexity index is 524. The Labute approximate surface area is 138 Å². The third kappa shape index (κ3) is 4.10. The lowest BCUT2D eigenvalue weighted by atomic mass is 10.0. The van der Waals surface area contributed by atoms with Crippen LogP contribution in [-0.2, 0) is 4.79 Å². The molecular formula is C17H28N4O2. The second-order valence-corrected chi connectivity index (χ2v) is 6.98. The van der Waals surface area contributed by atoms with Crippen molar-refractivity contribution in [1.29, 1.82) is 0 Å². The van der Waals surface area contributed by atoms with Crippen LogP contribution in [0.25, 0.3) is 0 Å². The van der Waals surface area contributed by atoms with Gasteiger partial charge in [0, 0.05) is 32.6 Å². The smallest absolute Gasteiger partial charge is 0.243 e. The highest BCUT2D eigenvalue weighted by Gasteiger charge is 2.27. The van der Waals surface area contributed by atoms with E-state index in [1.165, 1.54) is 25.7 Å². The third-order valence-electron chi connectivity index (χ3n) is 5.27. The lowest BCUT2D eigenvalue weighted by Crippen LogP contribution is -2.36. The first-order chi connectivity index (χ1) is 11.1. The Morgan fingerprint density at radius 1 is 1.22 bits per heavy atom. The summed E-state index contributed by atoms with van der Waals surface area (Å²) in [4.78, 5) is 21.3. The highest BCUT2D eigenvalue weighted by molar-refractivity contribution is 5.76. The Morgan fingerprint density at radius 3 is 2.70 bits per heavy atom. The van der Waals surface area contributed by atoms with E-state index in [0.717, 1.165) is 39.0 Å². The van der Waals surface area contributed by atoms with E-state index in [1.54, 1.807) is 0 Å². The van der Waals surface area contributed by atoms with Crippen LogP contribution in [0, 0.1) is 12.8 Å². The maximum absolute atomic E-state index is 12.5. The molecule has 0 spiro atoms. The molecule has 1 amide bonds. The van der Waals surface area contributed by atoms with Crippen LogP contribution in [0.3, 0.4) is 0 Å². The summed E-state index contributed by atoms with van der Waals surface area (Å²) in [5, 5.41) is 3.88. The zero-order valence-corrected chi connectivity index (χ0v) is 14.3. The molecule has 1 saturated carbocycles. The fourth-order valence-electron chi connectivity index (χ4n) is 3.80. The van der Waals surface area contributed by atoms with E-state index in [0.29, 0.717) is 23.5 Å². The molecule has 0 unspecified atom stereocenters. The molecule has 3 rings (SSSR count). The number of carbonyl (C=O) groups is 1. The molecule has 1 aromatic rings. The van der Waals surface area contributed by atoms with E-state index in [-0.39, 0.29) is 6.04 Å². The standard InChI is InChI=1S/C17H28N4O2/c1-13(17-18-14(2)19-23-17)20-8-5-9-21(11-10-20)16(22)12-15-6-3-4-7-15/h13,15H,3-12H2,1-2H3/t13-/m1/s1.